The molecule has 1 N–H and O–H groups in total. The molecular weight excluding hydrogens is 733 g/mol. The Morgan fingerprint density at radius 2 is 0.949 bits per heavy atom. The quantitative estimate of drug-likeness (QED) is 0.0483. The highest BCUT2D eigenvalue weighted by molar-refractivity contribution is 5.69. The number of esters is 2. The predicted molar refractivity (Wildman–Crippen MR) is 252 cm³/mol. The monoisotopic (exact) mass is 835 g/mol. The van der Waals surface area contributed by atoms with Crippen molar-refractivity contribution in [1.29, 1.82) is 0 Å². The Morgan fingerprint density at radius 3 is 1.51 bits per heavy atom. The van der Waals surface area contributed by atoms with Gasteiger partial charge in [0.25, 0.3) is 0 Å². The predicted octanol–water partition coefficient (Wildman–Crippen LogP) is 14.2. The highest BCUT2D eigenvalue weighted by Gasteiger charge is 2.21. The van der Waals surface area contributed by atoms with E-state index in [0.29, 0.717) is 38.0 Å². The minimum Gasteiger partial charge on any atom is -0.466 e. The molecule has 0 aliphatic heterocycles. The van der Waals surface area contributed by atoms with E-state index in [1.54, 1.807) is 0 Å². The van der Waals surface area contributed by atoms with Crippen molar-refractivity contribution in [2.75, 3.05) is 52.5 Å². The van der Waals surface area contributed by atoms with Gasteiger partial charge in [0.2, 0.25) is 0 Å². The molecule has 7 heteroatoms. The lowest BCUT2D eigenvalue weighted by Crippen LogP contribution is -2.43. The van der Waals surface area contributed by atoms with Crippen molar-refractivity contribution in [2.24, 2.45) is 5.92 Å². The van der Waals surface area contributed by atoms with Crippen molar-refractivity contribution < 1.29 is 24.2 Å². The van der Waals surface area contributed by atoms with Gasteiger partial charge in [-0.05, 0) is 76.8 Å². The number of unbranched alkanes of at least 4 members (excludes halogenated alkanes) is 23. The zero-order chi connectivity index (χ0) is 42.7. The number of rotatable bonds is 45. The van der Waals surface area contributed by atoms with Crippen molar-refractivity contribution in [3.63, 3.8) is 0 Å². The molecule has 0 atom stereocenters. The van der Waals surface area contributed by atoms with Gasteiger partial charge in [0.05, 0.1) is 19.8 Å². The molecule has 1 rings (SSSR count). The molecule has 0 amide bonds. The molecule has 1 aliphatic carbocycles. The van der Waals surface area contributed by atoms with E-state index in [4.69, 9.17) is 9.47 Å². The van der Waals surface area contributed by atoms with Crippen LogP contribution < -0.4 is 0 Å². The molecule has 0 aromatic carbocycles. The second-order valence-corrected chi connectivity index (χ2v) is 18.6. The summed E-state index contributed by atoms with van der Waals surface area (Å²) in [5.74, 6) is 0.502. The SMILES string of the molecule is CCCCCCCCCCCOC(=O)CCCCCN(CCN(CCO)CCCCCCC(=O)OCC(CCCCCCCC)CCCCCCCC)C1CCCCC1. The standard InChI is InChI=1S/C52H102N2O5/c1-4-7-10-13-16-17-18-23-34-47-58-51(56)39-31-25-33-42-54(50-37-28-24-29-38-50)44-43-53(45-46-55)41-32-22-21-30-40-52(57)59-48-49(35-26-19-14-11-8-5-2)36-27-20-15-12-9-6-3/h49-50,55H,4-48H2,1-3H3. The van der Waals surface area contributed by atoms with Crippen LogP contribution in [0.25, 0.3) is 0 Å². The zero-order valence-electron chi connectivity index (χ0n) is 39.9. The van der Waals surface area contributed by atoms with Gasteiger partial charge in [-0.1, -0.05) is 188 Å². The largest absolute Gasteiger partial charge is 0.466 e. The van der Waals surface area contributed by atoms with Crippen LogP contribution in [0.3, 0.4) is 0 Å². The van der Waals surface area contributed by atoms with Crippen LogP contribution in [0.15, 0.2) is 0 Å². The Labute approximate surface area is 367 Å². The van der Waals surface area contributed by atoms with Crippen LogP contribution in [0.4, 0.5) is 0 Å². The van der Waals surface area contributed by atoms with E-state index in [0.717, 1.165) is 84.1 Å². The first kappa shape index (κ1) is 55.8. The van der Waals surface area contributed by atoms with Crippen LogP contribution >= 0.6 is 0 Å². The summed E-state index contributed by atoms with van der Waals surface area (Å²) in [6.07, 6.45) is 44.8. The third kappa shape index (κ3) is 36.1. The van der Waals surface area contributed by atoms with Gasteiger partial charge in [-0.15, -0.1) is 0 Å². The smallest absolute Gasteiger partial charge is 0.305 e. The summed E-state index contributed by atoms with van der Waals surface area (Å²) >= 11 is 0. The average molecular weight is 835 g/mol. The minimum absolute atomic E-state index is 0.00474. The van der Waals surface area contributed by atoms with Gasteiger partial charge in [0, 0.05) is 38.5 Å². The van der Waals surface area contributed by atoms with Crippen LogP contribution in [0, 0.1) is 5.92 Å². The number of carbonyl (C=O) groups excluding carboxylic acids is 2. The van der Waals surface area contributed by atoms with Gasteiger partial charge < -0.3 is 14.6 Å². The van der Waals surface area contributed by atoms with E-state index in [9.17, 15) is 14.7 Å². The third-order valence-corrected chi connectivity index (χ3v) is 13.1. The molecule has 1 fully saturated rings. The molecule has 7 nitrogen and oxygen atoms in total. The number of hydrogen-bond acceptors (Lipinski definition) is 7. The third-order valence-electron chi connectivity index (χ3n) is 13.1. The lowest BCUT2D eigenvalue weighted by Gasteiger charge is -2.36. The Kier molecular flexibility index (Phi) is 41.1. The zero-order valence-corrected chi connectivity index (χ0v) is 39.9. The maximum Gasteiger partial charge on any atom is 0.305 e. The Morgan fingerprint density at radius 1 is 0.492 bits per heavy atom. The molecule has 0 spiro atoms. The van der Waals surface area contributed by atoms with E-state index in [1.165, 1.54) is 173 Å². The summed E-state index contributed by atoms with van der Waals surface area (Å²) in [5, 5.41) is 9.86. The lowest BCUT2D eigenvalue weighted by molar-refractivity contribution is -0.145. The maximum atomic E-state index is 12.7. The van der Waals surface area contributed by atoms with E-state index in [-0.39, 0.29) is 18.5 Å². The summed E-state index contributed by atoms with van der Waals surface area (Å²) in [6, 6.07) is 0.669. The lowest BCUT2D eigenvalue weighted by atomic mass is 9.94. The highest BCUT2D eigenvalue weighted by Crippen LogP contribution is 2.24. The van der Waals surface area contributed by atoms with E-state index in [2.05, 4.69) is 30.6 Å². The summed E-state index contributed by atoms with van der Waals surface area (Å²) in [7, 11) is 0. The first-order valence-electron chi connectivity index (χ1n) is 26.4. The first-order chi connectivity index (χ1) is 29.0. The van der Waals surface area contributed by atoms with Crippen molar-refractivity contribution >= 4 is 11.9 Å². The van der Waals surface area contributed by atoms with E-state index < -0.39 is 0 Å². The fraction of sp³-hybridized carbons (Fsp3) is 0.962. The van der Waals surface area contributed by atoms with Crippen LogP contribution in [0.5, 0.6) is 0 Å². The number of aliphatic hydroxyl groups is 1. The topological polar surface area (TPSA) is 79.3 Å². The van der Waals surface area contributed by atoms with Crippen LogP contribution in [-0.2, 0) is 19.1 Å². The highest BCUT2D eigenvalue weighted by atomic mass is 16.5. The summed E-state index contributed by atoms with van der Waals surface area (Å²) in [5.41, 5.74) is 0. The number of ether oxygens (including phenoxy) is 2. The molecule has 0 aromatic heterocycles. The maximum absolute atomic E-state index is 12.7. The second-order valence-electron chi connectivity index (χ2n) is 18.6. The van der Waals surface area contributed by atoms with Crippen molar-refractivity contribution in [2.45, 2.75) is 264 Å². The van der Waals surface area contributed by atoms with Crippen LogP contribution in [0.1, 0.15) is 258 Å². The van der Waals surface area contributed by atoms with Gasteiger partial charge in [-0.3, -0.25) is 19.4 Å². The molecule has 0 radical (unpaired) electrons. The molecular formula is C52H102N2O5. The fourth-order valence-corrected chi connectivity index (χ4v) is 9.08. The van der Waals surface area contributed by atoms with Gasteiger partial charge >= 0.3 is 11.9 Å². The van der Waals surface area contributed by atoms with Gasteiger partial charge in [0.1, 0.15) is 0 Å². The van der Waals surface area contributed by atoms with E-state index in [1.807, 2.05) is 0 Å². The molecule has 1 saturated carbocycles. The van der Waals surface area contributed by atoms with Gasteiger partial charge in [-0.2, -0.15) is 0 Å². The van der Waals surface area contributed by atoms with Crippen LogP contribution in [0.2, 0.25) is 0 Å². The number of nitrogens with zero attached hydrogens (tertiary/aromatic N) is 2. The molecule has 0 unspecified atom stereocenters. The van der Waals surface area contributed by atoms with Crippen LogP contribution in [-0.4, -0.2) is 85.4 Å². The number of aliphatic hydroxyl groups excluding tert-OH is 1. The Bertz CT molecular complexity index is 880. The molecule has 350 valence electrons. The van der Waals surface area contributed by atoms with E-state index >= 15 is 0 Å². The van der Waals surface area contributed by atoms with Crippen molar-refractivity contribution in [3.8, 4) is 0 Å². The Balaban J connectivity index is 2.30. The minimum atomic E-state index is -0.0189. The van der Waals surface area contributed by atoms with Gasteiger partial charge in [-0.25, -0.2) is 0 Å². The molecule has 1 aliphatic rings. The first-order valence-corrected chi connectivity index (χ1v) is 26.4. The summed E-state index contributed by atoms with van der Waals surface area (Å²) in [6.45, 7) is 13.1. The van der Waals surface area contributed by atoms with Crippen molar-refractivity contribution in [1.82, 2.24) is 9.80 Å². The molecule has 59 heavy (non-hydrogen) atoms. The second kappa shape index (κ2) is 43.5. The molecule has 0 saturated heterocycles. The van der Waals surface area contributed by atoms with Crippen molar-refractivity contribution in [3.05, 3.63) is 0 Å². The number of carbonyl (C=O) groups is 2. The molecule has 0 bridgehead atoms. The molecule has 0 aromatic rings. The molecule has 0 heterocycles. The number of hydrogen-bond donors (Lipinski definition) is 1. The Hall–Kier alpha value is -1.18. The normalized spacial score (nSPS) is 13.6. The fourth-order valence-electron chi connectivity index (χ4n) is 9.08. The average Bonchev–Trinajstić information content (AvgIpc) is 3.25. The summed E-state index contributed by atoms with van der Waals surface area (Å²) in [4.78, 5) is 30.2. The van der Waals surface area contributed by atoms with Gasteiger partial charge in [0.15, 0.2) is 0 Å². The summed E-state index contributed by atoms with van der Waals surface area (Å²) < 4.78 is 11.4.